The highest BCUT2D eigenvalue weighted by atomic mass is 32.1. The molecule has 8 heteroatoms. The fraction of sp³-hybridized carbons (Fsp3) is 0.312. The van der Waals surface area contributed by atoms with E-state index in [4.69, 9.17) is 0 Å². The number of thiophene rings is 1. The van der Waals surface area contributed by atoms with Gasteiger partial charge in [0.15, 0.2) is 0 Å². The first-order valence-corrected chi connectivity index (χ1v) is 8.61. The molecule has 4 rings (SSSR count). The SMILES string of the molecule is CC(=O)Nc1cc(-c2cccs2)nn1C1=NC(=O)C2CCCC2=N1. The molecule has 1 fully saturated rings. The lowest BCUT2D eigenvalue weighted by Crippen LogP contribution is -2.28. The van der Waals surface area contributed by atoms with Gasteiger partial charge in [-0.25, -0.2) is 4.99 Å². The smallest absolute Gasteiger partial charge is 0.257 e. The number of hydrogen-bond donors (Lipinski definition) is 1. The van der Waals surface area contributed by atoms with Gasteiger partial charge in [0.1, 0.15) is 11.5 Å². The second-order valence-corrected chi connectivity index (χ2v) is 6.73. The van der Waals surface area contributed by atoms with Gasteiger partial charge in [-0.1, -0.05) is 6.07 Å². The molecule has 24 heavy (non-hydrogen) atoms. The van der Waals surface area contributed by atoms with Crippen molar-refractivity contribution < 1.29 is 9.59 Å². The summed E-state index contributed by atoms with van der Waals surface area (Å²) in [5.74, 6) is 0.112. The lowest BCUT2D eigenvalue weighted by molar-refractivity contribution is -0.119. The number of amides is 2. The van der Waals surface area contributed by atoms with E-state index in [1.807, 2.05) is 17.5 Å². The van der Waals surface area contributed by atoms with Crippen LogP contribution in [0.5, 0.6) is 0 Å². The van der Waals surface area contributed by atoms with Crippen molar-refractivity contribution in [1.82, 2.24) is 9.78 Å². The summed E-state index contributed by atoms with van der Waals surface area (Å²) in [6.07, 6.45) is 2.58. The van der Waals surface area contributed by atoms with Crippen molar-refractivity contribution in [3.05, 3.63) is 23.6 Å². The van der Waals surface area contributed by atoms with Crippen molar-refractivity contribution in [1.29, 1.82) is 0 Å². The number of carbonyl (C=O) groups excluding carboxylic acids is 2. The minimum absolute atomic E-state index is 0.172. The molecular formula is C16H15N5O2S. The molecule has 2 aliphatic rings. The molecule has 1 saturated carbocycles. The van der Waals surface area contributed by atoms with Crippen LogP contribution in [-0.4, -0.2) is 33.3 Å². The Kier molecular flexibility index (Phi) is 3.61. The number of carbonyl (C=O) groups is 2. The summed E-state index contributed by atoms with van der Waals surface area (Å²) in [7, 11) is 0. The Morgan fingerprint density at radius 3 is 3.04 bits per heavy atom. The van der Waals surface area contributed by atoms with Crippen molar-refractivity contribution in [2.24, 2.45) is 15.9 Å². The van der Waals surface area contributed by atoms with Crippen LogP contribution in [-0.2, 0) is 9.59 Å². The van der Waals surface area contributed by atoms with Crippen LogP contribution >= 0.6 is 11.3 Å². The summed E-state index contributed by atoms with van der Waals surface area (Å²) in [6, 6.07) is 5.64. The summed E-state index contributed by atoms with van der Waals surface area (Å²) in [5.41, 5.74) is 1.57. The van der Waals surface area contributed by atoms with E-state index in [1.165, 1.54) is 11.6 Å². The molecule has 1 N–H and O–H groups in total. The Morgan fingerprint density at radius 1 is 1.42 bits per heavy atom. The molecular weight excluding hydrogens is 326 g/mol. The molecule has 0 radical (unpaired) electrons. The van der Waals surface area contributed by atoms with E-state index in [-0.39, 0.29) is 23.7 Å². The molecule has 2 aromatic rings. The molecule has 122 valence electrons. The van der Waals surface area contributed by atoms with Gasteiger partial charge in [-0.3, -0.25) is 9.59 Å². The minimum atomic E-state index is -0.219. The highest BCUT2D eigenvalue weighted by Gasteiger charge is 2.33. The van der Waals surface area contributed by atoms with Crippen molar-refractivity contribution in [2.45, 2.75) is 26.2 Å². The Labute approximate surface area is 142 Å². The lowest BCUT2D eigenvalue weighted by atomic mass is 10.1. The Hall–Kier alpha value is -2.61. The Bertz CT molecular complexity index is 878. The maximum Gasteiger partial charge on any atom is 0.257 e. The number of rotatable bonds is 2. The fourth-order valence-corrected chi connectivity index (χ4v) is 3.68. The van der Waals surface area contributed by atoms with Gasteiger partial charge in [0.25, 0.3) is 11.9 Å². The predicted octanol–water partition coefficient (Wildman–Crippen LogP) is 2.56. The second kappa shape index (κ2) is 5.79. The molecule has 3 heterocycles. The number of nitrogens with zero attached hydrogens (tertiary/aromatic N) is 4. The highest BCUT2D eigenvalue weighted by molar-refractivity contribution is 7.13. The zero-order chi connectivity index (χ0) is 16.7. The van der Waals surface area contributed by atoms with Crippen LogP contribution in [0, 0.1) is 5.92 Å². The molecule has 0 bridgehead atoms. The molecule has 2 amide bonds. The van der Waals surface area contributed by atoms with Gasteiger partial charge >= 0.3 is 0 Å². The van der Waals surface area contributed by atoms with E-state index in [0.717, 1.165) is 29.9 Å². The highest BCUT2D eigenvalue weighted by Crippen LogP contribution is 2.29. The molecule has 0 spiro atoms. The van der Waals surface area contributed by atoms with Crippen molar-refractivity contribution >= 4 is 40.6 Å². The molecule has 1 aliphatic heterocycles. The quantitative estimate of drug-likeness (QED) is 0.910. The third-order valence-electron chi connectivity index (χ3n) is 4.06. The third kappa shape index (κ3) is 2.58. The van der Waals surface area contributed by atoms with Crippen LogP contribution in [0.15, 0.2) is 33.6 Å². The molecule has 1 aliphatic carbocycles. The van der Waals surface area contributed by atoms with Gasteiger partial charge in [-0.05, 0) is 30.7 Å². The van der Waals surface area contributed by atoms with E-state index in [1.54, 1.807) is 17.4 Å². The number of aliphatic imine (C=N–C) groups is 2. The van der Waals surface area contributed by atoms with Gasteiger partial charge < -0.3 is 5.32 Å². The summed E-state index contributed by atoms with van der Waals surface area (Å²) < 4.78 is 1.44. The zero-order valence-electron chi connectivity index (χ0n) is 13.0. The van der Waals surface area contributed by atoms with Crippen LogP contribution in [0.2, 0.25) is 0 Å². The van der Waals surface area contributed by atoms with Crippen molar-refractivity contribution in [3.8, 4) is 10.6 Å². The maximum atomic E-state index is 12.2. The van der Waals surface area contributed by atoms with E-state index in [0.29, 0.717) is 11.5 Å². The topological polar surface area (TPSA) is 88.7 Å². The van der Waals surface area contributed by atoms with Gasteiger partial charge in [0.2, 0.25) is 5.91 Å². The molecule has 0 saturated heterocycles. The van der Waals surface area contributed by atoms with Crippen molar-refractivity contribution in [2.75, 3.05) is 5.32 Å². The number of aromatic nitrogens is 2. The van der Waals surface area contributed by atoms with Crippen LogP contribution in [0.1, 0.15) is 26.2 Å². The zero-order valence-corrected chi connectivity index (χ0v) is 13.8. The van der Waals surface area contributed by atoms with E-state index < -0.39 is 0 Å². The minimum Gasteiger partial charge on any atom is -0.311 e. The van der Waals surface area contributed by atoms with Crippen molar-refractivity contribution in [3.63, 3.8) is 0 Å². The molecule has 7 nitrogen and oxygen atoms in total. The van der Waals surface area contributed by atoms with Gasteiger partial charge in [0.05, 0.1) is 10.8 Å². The largest absolute Gasteiger partial charge is 0.311 e. The first kappa shape index (κ1) is 14.9. The van der Waals surface area contributed by atoms with Crippen LogP contribution in [0.4, 0.5) is 5.82 Å². The summed E-state index contributed by atoms with van der Waals surface area (Å²) in [6.45, 7) is 1.43. The van der Waals surface area contributed by atoms with Crippen LogP contribution in [0.3, 0.4) is 0 Å². The number of nitrogens with one attached hydrogen (secondary N) is 1. The normalized spacial score (nSPS) is 19.7. The monoisotopic (exact) mass is 341 g/mol. The van der Waals surface area contributed by atoms with Gasteiger partial charge in [-0.2, -0.15) is 14.8 Å². The lowest BCUT2D eigenvalue weighted by Gasteiger charge is -2.15. The molecule has 1 unspecified atom stereocenters. The number of fused-ring (bicyclic) bond motifs is 1. The van der Waals surface area contributed by atoms with E-state index in [2.05, 4.69) is 20.4 Å². The first-order chi connectivity index (χ1) is 11.6. The summed E-state index contributed by atoms with van der Waals surface area (Å²) in [5, 5.41) is 9.19. The van der Waals surface area contributed by atoms with Gasteiger partial charge in [-0.15, -0.1) is 11.3 Å². The standard InChI is InChI=1S/C16H15N5O2S/c1-9(22)17-14-8-12(13-6-3-7-24-13)20-21(14)16-18-11-5-2-4-10(11)15(23)19-16/h3,6-8,10H,2,4-5H2,1H3,(H,17,22). The fourth-order valence-electron chi connectivity index (χ4n) is 3.00. The average Bonchev–Trinajstić information content (AvgIpc) is 3.26. The van der Waals surface area contributed by atoms with Crippen LogP contribution < -0.4 is 5.32 Å². The first-order valence-electron chi connectivity index (χ1n) is 7.74. The van der Waals surface area contributed by atoms with E-state index in [9.17, 15) is 9.59 Å². The Balaban J connectivity index is 1.79. The number of anilines is 1. The van der Waals surface area contributed by atoms with Crippen LogP contribution in [0.25, 0.3) is 10.6 Å². The molecule has 2 aromatic heterocycles. The maximum absolute atomic E-state index is 12.2. The van der Waals surface area contributed by atoms with E-state index >= 15 is 0 Å². The predicted molar refractivity (Wildman–Crippen MR) is 92.5 cm³/mol. The number of hydrogen-bond acceptors (Lipinski definition) is 5. The molecule has 1 atom stereocenters. The average molecular weight is 341 g/mol. The third-order valence-corrected chi connectivity index (χ3v) is 4.95. The summed E-state index contributed by atoms with van der Waals surface area (Å²) >= 11 is 1.55. The van der Waals surface area contributed by atoms with Gasteiger partial charge in [0, 0.05) is 18.7 Å². The Morgan fingerprint density at radius 2 is 2.29 bits per heavy atom. The second-order valence-electron chi connectivity index (χ2n) is 5.78. The summed E-state index contributed by atoms with van der Waals surface area (Å²) in [4.78, 5) is 33.3. The molecule has 0 aromatic carbocycles.